The van der Waals surface area contributed by atoms with Crippen LogP contribution in [0.3, 0.4) is 0 Å². The molecule has 2 rings (SSSR count). The van der Waals surface area contributed by atoms with E-state index in [4.69, 9.17) is 0 Å². The Hall–Kier alpha value is 0.426. The van der Waals surface area contributed by atoms with E-state index >= 15 is 0 Å². The molecule has 0 fully saturated rings. The Balaban J connectivity index is 0. The molecule has 0 unspecified atom stereocenters. The van der Waals surface area contributed by atoms with Crippen molar-refractivity contribution in [1.82, 2.24) is 0 Å². The van der Waals surface area contributed by atoms with Gasteiger partial charge in [0.1, 0.15) is 0 Å². The van der Waals surface area contributed by atoms with E-state index in [1.165, 1.54) is 0 Å². The van der Waals surface area contributed by atoms with Crippen LogP contribution in [0, 0.1) is 0 Å². The zero-order chi connectivity index (χ0) is 11.3. The average molecular weight is 292 g/mol. The Morgan fingerprint density at radius 2 is 0.278 bits per heavy atom. The van der Waals surface area contributed by atoms with Gasteiger partial charge in [0.05, 0.1) is 0 Å². The quantitative estimate of drug-likeness (QED) is 0.591. The van der Waals surface area contributed by atoms with Crippen molar-refractivity contribution in [3.05, 3.63) is 97.2 Å². The molecule has 0 aromatic heterocycles. The fraction of sp³-hybridized carbons (Fsp3) is 0. The third kappa shape index (κ3) is 14.5. The van der Waals surface area contributed by atoms with Crippen molar-refractivity contribution < 1.29 is 25.8 Å². The summed E-state index contributed by atoms with van der Waals surface area (Å²) in [6, 6.07) is 0. The molecular formula is C16H16KSc. The fourth-order valence-corrected chi connectivity index (χ4v) is 1.03. The van der Waals surface area contributed by atoms with Crippen LogP contribution in [-0.2, 0) is 25.8 Å². The maximum absolute atomic E-state index is 2.00. The number of hydrogen-bond acceptors (Lipinski definition) is 0. The van der Waals surface area contributed by atoms with Gasteiger partial charge in [-0.05, 0) is 0 Å². The predicted molar refractivity (Wildman–Crippen MR) is 78.9 cm³/mol. The fourth-order valence-electron chi connectivity index (χ4n) is 1.03. The second kappa shape index (κ2) is 17.4. The maximum atomic E-state index is 2.00. The number of hydrogen-bond donors (Lipinski definition) is 0. The molecule has 18 heavy (non-hydrogen) atoms. The van der Waals surface area contributed by atoms with Crippen molar-refractivity contribution >= 4 is 51.4 Å². The third-order valence-corrected chi connectivity index (χ3v) is 1.78. The molecule has 0 amide bonds. The summed E-state index contributed by atoms with van der Waals surface area (Å²) < 4.78 is 0. The summed E-state index contributed by atoms with van der Waals surface area (Å²) in [5, 5.41) is 0. The van der Waals surface area contributed by atoms with Gasteiger partial charge in [-0.15, -0.1) is 0 Å². The molecule has 0 saturated carbocycles. The van der Waals surface area contributed by atoms with Crippen LogP contribution in [-0.4, -0.2) is 51.4 Å². The SMILES string of the molecule is C1=C\C=C/C=C\C=C/1.C1=C\C=C/C=C\C=C/1.[K].[Sc]. The van der Waals surface area contributed by atoms with Crippen molar-refractivity contribution in [2.45, 2.75) is 0 Å². The summed E-state index contributed by atoms with van der Waals surface area (Å²) in [5.41, 5.74) is 0. The first-order valence-corrected chi connectivity index (χ1v) is 5.33. The summed E-state index contributed by atoms with van der Waals surface area (Å²) in [4.78, 5) is 0. The summed E-state index contributed by atoms with van der Waals surface area (Å²) in [6.07, 6.45) is 32.0. The molecule has 0 heterocycles. The van der Waals surface area contributed by atoms with Gasteiger partial charge in [0.15, 0.2) is 0 Å². The van der Waals surface area contributed by atoms with Crippen LogP contribution in [0.15, 0.2) is 97.2 Å². The largest absolute Gasteiger partial charge is 0.0623 e. The maximum Gasteiger partial charge on any atom is 0 e. The molecule has 2 aliphatic rings. The van der Waals surface area contributed by atoms with Gasteiger partial charge in [-0.2, -0.15) is 0 Å². The van der Waals surface area contributed by atoms with Crippen LogP contribution in [0.1, 0.15) is 0 Å². The molecule has 0 atom stereocenters. The molecule has 0 aromatic carbocycles. The smallest absolute Gasteiger partial charge is 0 e. The summed E-state index contributed by atoms with van der Waals surface area (Å²) in [5.74, 6) is 0. The summed E-state index contributed by atoms with van der Waals surface area (Å²) >= 11 is 0. The predicted octanol–water partition coefficient (Wildman–Crippen LogP) is 4.07. The molecule has 0 aromatic rings. The minimum Gasteiger partial charge on any atom is -0.0623 e. The van der Waals surface area contributed by atoms with Crippen LogP contribution in [0.4, 0.5) is 0 Å². The molecule has 0 N–H and O–H groups in total. The second-order valence-corrected chi connectivity index (χ2v) is 3.08. The average Bonchev–Trinajstić information content (AvgIpc) is 2.15. The first-order valence-electron chi connectivity index (χ1n) is 5.33. The minimum absolute atomic E-state index is 0. The van der Waals surface area contributed by atoms with Gasteiger partial charge in [-0.3, -0.25) is 0 Å². The molecular weight excluding hydrogens is 276 g/mol. The van der Waals surface area contributed by atoms with E-state index in [9.17, 15) is 0 Å². The van der Waals surface area contributed by atoms with Crippen LogP contribution >= 0.6 is 0 Å². The van der Waals surface area contributed by atoms with Crippen LogP contribution in [0.5, 0.6) is 0 Å². The van der Waals surface area contributed by atoms with Crippen molar-refractivity contribution in [3.8, 4) is 0 Å². The molecule has 0 aliphatic heterocycles. The van der Waals surface area contributed by atoms with Gasteiger partial charge in [0, 0.05) is 77.2 Å². The normalized spacial score (nSPS) is 28.4. The first kappa shape index (κ1) is 20.7. The van der Waals surface area contributed by atoms with E-state index in [1.54, 1.807) is 0 Å². The third-order valence-electron chi connectivity index (χ3n) is 1.78. The zero-order valence-electron chi connectivity index (χ0n) is 10.8. The summed E-state index contributed by atoms with van der Waals surface area (Å²) in [6.45, 7) is 0. The topological polar surface area (TPSA) is 0 Å². The first-order chi connectivity index (χ1) is 8.00. The number of allylic oxidation sites excluding steroid dienone is 16. The van der Waals surface area contributed by atoms with E-state index in [0.717, 1.165) is 0 Å². The molecule has 0 saturated heterocycles. The van der Waals surface area contributed by atoms with Gasteiger partial charge in [-0.1, -0.05) is 97.2 Å². The number of rotatable bonds is 0. The Morgan fingerprint density at radius 3 is 0.333 bits per heavy atom. The van der Waals surface area contributed by atoms with Crippen molar-refractivity contribution in [1.29, 1.82) is 0 Å². The van der Waals surface area contributed by atoms with E-state index in [2.05, 4.69) is 0 Å². The minimum atomic E-state index is 0. The zero-order valence-corrected chi connectivity index (χ0v) is 15.7. The summed E-state index contributed by atoms with van der Waals surface area (Å²) in [7, 11) is 0. The Kier molecular flexibility index (Phi) is 20.1. The molecule has 0 spiro atoms. The van der Waals surface area contributed by atoms with E-state index in [-0.39, 0.29) is 77.2 Å². The van der Waals surface area contributed by atoms with E-state index < -0.39 is 0 Å². The second-order valence-electron chi connectivity index (χ2n) is 3.08. The van der Waals surface area contributed by atoms with Gasteiger partial charge < -0.3 is 0 Å². The molecule has 2 aliphatic carbocycles. The van der Waals surface area contributed by atoms with Crippen molar-refractivity contribution in [3.63, 3.8) is 0 Å². The molecule has 2 heteroatoms. The Bertz CT molecular complexity index is 253. The van der Waals surface area contributed by atoms with Crippen LogP contribution < -0.4 is 0 Å². The molecule has 0 bridgehead atoms. The van der Waals surface area contributed by atoms with E-state index in [0.29, 0.717) is 0 Å². The van der Waals surface area contributed by atoms with Gasteiger partial charge in [0.2, 0.25) is 0 Å². The van der Waals surface area contributed by atoms with E-state index in [1.807, 2.05) is 97.2 Å². The molecule has 84 valence electrons. The van der Waals surface area contributed by atoms with Crippen molar-refractivity contribution in [2.24, 2.45) is 0 Å². The van der Waals surface area contributed by atoms with Gasteiger partial charge >= 0.3 is 0 Å². The van der Waals surface area contributed by atoms with Crippen LogP contribution in [0.25, 0.3) is 0 Å². The van der Waals surface area contributed by atoms with Crippen LogP contribution in [0.2, 0.25) is 0 Å². The van der Waals surface area contributed by atoms with Gasteiger partial charge in [-0.25, -0.2) is 0 Å². The standard InChI is InChI=1S/2C8H8.K.Sc/c2*1-2-4-6-8-7-5-3-1;;/h2*1-8H;;/b2*2-1-,3-1?,4-2?,5-3-,6-4-,7-5?,8-6?,8-7-;;. The Labute approximate surface area is 172 Å². The monoisotopic (exact) mass is 292 g/mol. The molecule has 0 nitrogen and oxygen atoms in total. The molecule has 2 radical (unpaired) electrons. The Morgan fingerprint density at radius 1 is 0.222 bits per heavy atom. The van der Waals surface area contributed by atoms with Crippen molar-refractivity contribution in [2.75, 3.05) is 0 Å². The van der Waals surface area contributed by atoms with Gasteiger partial charge in [0.25, 0.3) is 0 Å².